The second-order valence-corrected chi connectivity index (χ2v) is 20.0. The minimum atomic E-state index is -1.86. The standard InChI is InChI=1S/C51H80N12O14/c1-3-29(2)13-10-8-6-4-5-7-9-11-14-31-24-44(70)57-35(25-41(53)67)46(72)59-34(23-30-16-18-32(65)19-17-30)45(71)60-36(26-42(54)68)47(73)58-33(20-21-40(52)66)51(77)63-22-12-15-39(63)50(76)61-37(27-43(55)69)48(74)62-38(28-64)49(75)56-31/h16-19,29,31,33-39,64-65H,3-15,20-28H2,1-2H3,(H2,52,66)(H2,53,67)(H2,54,68)(H2,55,69)(H,56,75)(H,57,70)(H,58,73)(H,59,72)(H,60,71)(H,61,76)(H,62,74)/t29?,31-,33+,34-,35+,36-,37-,38+,39+/m1/s1. The van der Waals surface area contributed by atoms with Gasteiger partial charge in [0, 0.05) is 31.8 Å². The molecule has 0 aromatic heterocycles. The van der Waals surface area contributed by atoms with E-state index in [1.807, 2.05) is 0 Å². The summed E-state index contributed by atoms with van der Waals surface area (Å²) in [5, 5.41) is 37.3. The first-order valence-electron chi connectivity index (χ1n) is 26.5. The fraction of sp³-hybridized carbons (Fsp3) is 0.647. The van der Waals surface area contributed by atoms with Gasteiger partial charge in [-0.25, -0.2) is 0 Å². The van der Waals surface area contributed by atoms with E-state index in [4.69, 9.17) is 22.9 Å². The number of rotatable bonds is 24. The van der Waals surface area contributed by atoms with Gasteiger partial charge in [-0.05, 0) is 49.3 Å². The van der Waals surface area contributed by atoms with Crippen molar-refractivity contribution in [3.8, 4) is 5.75 Å². The van der Waals surface area contributed by atoms with Gasteiger partial charge in [0.15, 0.2) is 0 Å². The first kappa shape index (κ1) is 63.9. The molecule has 0 aliphatic carbocycles. The molecule has 2 aliphatic rings. The Kier molecular flexibility index (Phi) is 27.3. The number of nitrogens with zero attached hydrogens (tertiary/aromatic N) is 1. The molecule has 2 heterocycles. The molecule has 3 rings (SSSR count). The maximum atomic E-state index is 14.3. The summed E-state index contributed by atoms with van der Waals surface area (Å²) in [6.07, 6.45) is 5.82. The SMILES string of the molecule is CCC(C)CCCCCCCCCC[C@@H]1CC(=O)N[C@@H](CC(N)=O)C(=O)N[C@H](Cc2ccc(O)cc2)C(=O)N[C@H](CC(N)=O)C(=O)N[C@@H](CCC(N)=O)C(=O)N2CCC[C@H]2C(=O)N[C@H](CC(N)=O)C(=O)N[C@@H](CO)C(=O)N1. The van der Waals surface area contributed by atoms with E-state index in [1.54, 1.807) is 0 Å². The summed E-state index contributed by atoms with van der Waals surface area (Å²) >= 11 is 0. The molecular weight excluding hydrogens is 1000 g/mol. The quantitative estimate of drug-likeness (QED) is 0.0479. The molecule has 428 valence electrons. The number of carbonyl (C=O) groups excluding carboxylic acids is 12. The van der Waals surface area contributed by atoms with E-state index in [-0.39, 0.29) is 38.0 Å². The van der Waals surface area contributed by atoms with E-state index in [0.29, 0.717) is 24.3 Å². The predicted octanol–water partition coefficient (Wildman–Crippen LogP) is -2.45. The van der Waals surface area contributed by atoms with Crippen molar-refractivity contribution in [2.75, 3.05) is 13.2 Å². The Morgan fingerprint density at radius 3 is 1.58 bits per heavy atom. The number of fused-ring (bicyclic) bond motifs is 1. The van der Waals surface area contributed by atoms with Gasteiger partial charge in [-0.2, -0.15) is 0 Å². The zero-order chi connectivity index (χ0) is 57.2. The van der Waals surface area contributed by atoms with E-state index < -0.39 is 164 Å². The van der Waals surface area contributed by atoms with Crippen LogP contribution in [0.25, 0.3) is 0 Å². The molecule has 12 amide bonds. The molecule has 0 saturated carbocycles. The van der Waals surface area contributed by atoms with Crippen LogP contribution in [0, 0.1) is 5.92 Å². The number of amides is 12. The maximum Gasteiger partial charge on any atom is 0.245 e. The van der Waals surface area contributed by atoms with Crippen molar-refractivity contribution < 1.29 is 67.7 Å². The van der Waals surface area contributed by atoms with Crippen LogP contribution in [0.4, 0.5) is 0 Å². The Morgan fingerprint density at radius 2 is 1.05 bits per heavy atom. The number of primary amides is 4. The van der Waals surface area contributed by atoms with Gasteiger partial charge in [0.25, 0.3) is 0 Å². The highest BCUT2D eigenvalue weighted by molar-refractivity contribution is 6.00. The van der Waals surface area contributed by atoms with Crippen LogP contribution in [0.5, 0.6) is 5.75 Å². The van der Waals surface area contributed by atoms with Crippen molar-refractivity contribution in [3.05, 3.63) is 29.8 Å². The molecule has 9 atom stereocenters. The second kappa shape index (κ2) is 32.9. The Morgan fingerprint density at radius 1 is 0.584 bits per heavy atom. The third-order valence-electron chi connectivity index (χ3n) is 13.6. The number of aromatic hydroxyl groups is 1. The van der Waals surface area contributed by atoms with E-state index in [2.05, 4.69) is 51.1 Å². The number of nitrogens with one attached hydrogen (secondary N) is 7. The van der Waals surface area contributed by atoms with E-state index in [9.17, 15) is 67.7 Å². The first-order valence-corrected chi connectivity index (χ1v) is 26.5. The van der Waals surface area contributed by atoms with Crippen LogP contribution in [0.3, 0.4) is 0 Å². The minimum Gasteiger partial charge on any atom is -0.508 e. The lowest BCUT2D eigenvalue weighted by Crippen LogP contribution is -2.60. The molecule has 2 fully saturated rings. The number of aliphatic hydroxyl groups excluding tert-OH is 1. The van der Waals surface area contributed by atoms with Crippen molar-refractivity contribution >= 4 is 70.9 Å². The molecule has 2 saturated heterocycles. The molecule has 77 heavy (non-hydrogen) atoms. The van der Waals surface area contributed by atoms with Gasteiger partial charge in [0.1, 0.15) is 48.0 Å². The molecule has 26 heteroatoms. The number of aliphatic hydroxyl groups is 1. The summed E-state index contributed by atoms with van der Waals surface area (Å²) in [4.78, 5) is 162. The minimum absolute atomic E-state index is 0.00290. The average Bonchev–Trinajstić information content (AvgIpc) is 3.86. The fourth-order valence-electron chi connectivity index (χ4n) is 9.06. The van der Waals surface area contributed by atoms with Crippen LogP contribution in [-0.4, -0.2) is 147 Å². The maximum absolute atomic E-state index is 14.3. The van der Waals surface area contributed by atoms with Crippen molar-refractivity contribution in [2.24, 2.45) is 28.9 Å². The largest absolute Gasteiger partial charge is 0.508 e. The van der Waals surface area contributed by atoms with Crippen molar-refractivity contribution in [3.63, 3.8) is 0 Å². The number of hydrogen-bond donors (Lipinski definition) is 13. The van der Waals surface area contributed by atoms with E-state index in [1.165, 1.54) is 30.7 Å². The highest BCUT2D eigenvalue weighted by atomic mass is 16.3. The normalized spacial score (nSPS) is 24.0. The van der Waals surface area contributed by atoms with Gasteiger partial charge in [-0.3, -0.25) is 57.5 Å². The van der Waals surface area contributed by atoms with Crippen LogP contribution < -0.4 is 60.2 Å². The number of hydrogen-bond acceptors (Lipinski definition) is 14. The molecule has 0 radical (unpaired) electrons. The average molecular weight is 1090 g/mol. The van der Waals surface area contributed by atoms with Gasteiger partial charge in [-0.1, -0.05) is 90.2 Å². The topological polar surface area (TPSA) is 437 Å². The van der Waals surface area contributed by atoms with Crippen molar-refractivity contribution in [1.82, 2.24) is 42.1 Å². The summed E-state index contributed by atoms with van der Waals surface area (Å²) in [6, 6.07) is -7.35. The molecule has 0 bridgehead atoms. The number of phenols is 1. The molecule has 1 unspecified atom stereocenters. The number of carbonyl (C=O) groups is 12. The summed E-state index contributed by atoms with van der Waals surface area (Å²) in [5.41, 5.74) is 22.2. The van der Waals surface area contributed by atoms with Crippen LogP contribution >= 0.6 is 0 Å². The number of benzene rings is 1. The van der Waals surface area contributed by atoms with E-state index >= 15 is 0 Å². The molecule has 17 N–H and O–H groups in total. The third-order valence-corrected chi connectivity index (χ3v) is 13.6. The number of nitrogens with two attached hydrogens (primary N) is 4. The summed E-state index contributed by atoms with van der Waals surface area (Å²) in [6.45, 7) is 3.32. The Labute approximate surface area is 447 Å². The zero-order valence-corrected chi connectivity index (χ0v) is 44.1. The van der Waals surface area contributed by atoms with Gasteiger partial charge < -0.3 is 75.3 Å². The fourth-order valence-corrected chi connectivity index (χ4v) is 9.06. The summed E-state index contributed by atoms with van der Waals surface area (Å²) in [7, 11) is 0. The lowest BCUT2D eigenvalue weighted by Gasteiger charge is -2.31. The van der Waals surface area contributed by atoms with Crippen LogP contribution in [0.15, 0.2) is 24.3 Å². The molecule has 26 nitrogen and oxygen atoms in total. The predicted molar refractivity (Wildman–Crippen MR) is 277 cm³/mol. The Hall–Kier alpha value is -7.38. The van der Waals surface area contributed by atoms with Gasteiger partial charge >= 0.3 is 0 Å². The third kappa shape index (κ3) is 23.2. The van der Waals surface area contributed by atoms with Gasteiger partial charge in [-0.15, -0.1) is 0 Å². The highest BCUT2D eigenvalue weighted by Gasteiger charge is 2.41. The highest BCUT2D eigenvalue weighted by Crippen LogP contribution is 2.21. The van der Waals surface area contributed by atoms with Crippen molar-refractivity contribution in [1.29, 1.82) is 0 Å². The Balaban J connectivity index is 2.09. The van der Waals surface area contributed by atoms with Gasteiger partial charge in [0.2, 0.25) is 70.9 Å². The van der Waals surface area contributed by atoms with Crippen LogP contribution in [0.2, 0.25) is 0 Å². The number of unbranched alkanes of at least 4 members (excludes halogenated alkanes) is 7. The smallest absolute Gasteiger partial charge is 0.245 e. The molecule has 1 aromatic rings. The Bertz CT molecular complexity index is 2230. The zero-order valence-electron chi connectivity index (χ0n) is 44.1. The first-order chi connectivity index (χ1) is 36.5. The second-order valence-electron chi connectivity index (χ2n) is 20.0. The van der Waals surface area contributed by atoms with E-state index in [0.717, 1.165) is 49.8 Å². The summed E-state index contributed by atoms with van der Waals surface area (Å²) in [5.74, 6) is -11.9. The van der Waals surface area contributed by atoms with Crippen molar-refractivity contribution in [2.45, 2.75) is 191 Å². The van der Waals surface area contributed by atoms with Crippen LogP contribution in [0.1, 0.15) is 141 Å². The molecule has 1 aromatic carbocycles. The monoisotopic (exact) mass is 1080 g/mol. The molecular formula is C51H80N12O14. The lowest BCUT2D eigenvalue weighted by molar-refractivity contribution is -0.143. The van der Waals surface area contributed by atoms with Crippen LogP contribution in [-0.2, 0) is 64.0 Å². The lowest BCUT2D eigenvalue weighted by atomic mass is 9.99. The number of phenolic OH excluding ortho intramolecular Hbond substituents is 1. The van der Waals surface area contributed by atoms with Gasteiger partial charge in [0.05, 0.1) is 25.9 Å². The summed E-state index contributed by atoms with van der Waals surface area (Å²) < 4.78 is 0. The molecule has 0 spiro atoms. The molecule has 2 aliphatic heterocycles.